The average Bonchev–Trinajstić information content (AvgIpc) is 2.82. The molecule has 0 bridgehead atoms. The van der Waals surface area contributed by atoms with Crippen molar-refractivity contribution >= 4 is 23.7 Å². The number of aliphatic hydroxyl groups excluding tert-OH is 3. The largest absolute Gasteiger partial charge is 0.479 e. The normalized spacial score (nSPS) is 22.8. The molecule has 0 saturated carbocycles. The standard InChI is InChI=1S/C19H30N8O9/c20-10(7-29)15(31)25-11-1-2-12(27-5-8(6-28)14(21)26-18(27)34)36-13(11)19(35,16(32)33)3-9(30)4-24-17(22)23/h1-2,5,9-13,28-30,35H,3-4,6-7,20H2,(H,25,31)(H,32,33)(H2,21,26,34)(H4,22,23,24)/t9?,10-,11+,12-,13+,19?/m1/s1. The second kappa shape index (κ2) is 11.9. The summed E-state index contributed by atoms with van der Waals surface area (Å²) in [5.41, 5.74) is 17.8. The number of nitrogens with zero attached hydrogens (tertiary/aromatic N) is 3. The van der Waals surface area contributed by atoms with Crippen LogP contribution < -0.4 is 33.9 Å². The molecule has 14 N–H and O–H groups in total. The molecule has 0 radical (unpaired) electrons. The zero-order valence-corrected chi connectivity index (χ0v) is 19.0. The van der Waals surface area contributed by atoms with Gasteiger partial charge in [-0.1, -0.05) is 6.08 Å². The van der Waals surface area contributed by atoms with Crippen LogP contribution in [0.5, 0.6) is 0 Å². The SMILES string of the molecule is NC(N)=NCC(O)CC(O)(C(=O)O)[C@H]1O[C@@H](n2cc(CO)c(N)nc2=O)C=C[C@@H]1NC(=O)[C@H](N)CO. The fourth-order valence-electron chi connectivity index (χ4n) is 3.43. The number of carbonyl (C=O) groups excluding carboxylic acids is 1. The third-order valence-electron chi connectivity index (χ3n) is 5.32. The number of nitrogens with two attached hydrogens (primary N) is 4. The molecule has 2 rings (SSSR count). The minimum absolute atomic E-state index is 0.0636. The van der Waals surface area contributed by atoms with Gasteiger partial charge in [0.15, 0.2) is 17.8 Å². The van der Waals surface area contributed by atoms with E-state index in [1.165, 1.54) is 12.2 Å². The molecular weight excluding hydrogens is 484 g/mol. The zero-order chi connectivity index (χ0) is 27.2. The molecule has 1 aromatic rings. The van der Waals surface area contributed by atoms with Gasteiger partial charge in [-0.15, -0.1) is 0 Å². The second-order valence-electron chi connectivity index (χ2n) is 8.01. The third kappa shape index (κ3) is 6.53. The smallest absolute Gasteiger partial charge is 0.351 e. The summed E-state index contributed by atoms with van der Waals surface area (Å²) in [6.07, 6.45) is -2.01. The first kappa shape index (κ1) is 28.6. The number of aromatic nitrogens is 2. The number of ether oxygens (including phenoxy) is 1. The van der Waals surface area contributed by atoms with E-state index >= 15 is 0 Å². The minimum atomic E-state index is -2.87. The van der Waals surface area contributed by atoms with E-state index in [2.05, 4.69) is 15.3 Å². The quantitative estimate of drug-likeness (QED) is 0.0748. The van der Waals surface area contributed by atoms with E-state index in [0.717, 1.165) is 10.8 Å². The van der Waals surface area contributed by atoms with Crippen molar-refractivity contribution in [2.24, 2.45) is 22.2 Å². The van der Waals surface area contributed by atoms with Gasteiger partial charge in [0.2, 0.25) is 5.91 Å². The Morgan fingerprint density at radius 3 is 2.53 bits per heavy atom. The van der Waals surface area contributed by atoms with Crippen LogP contribution in [0.15, 0.2) is 28.1 Å². The van der Waals surface area contributed by atoms with Gasteiger partial charge in [-0.25, -0.2) is 9.59 Å². The molecule has 1 amide bonds. The zero-order valence-electron chi connectivity index (χ0n) is 19.0. The molecule has 1 aliphatic heterocycles. The summed E-state index contributed by atoms with van der Waals surface area (Å²) in [6.45, 7) is -1.77. The maximum Gasteiger partial charge on any atom is 0.351 e. The van der Waals surface area contributed by atoms with Gasteiger partial charge in [0.1, 0.15) is 18.0 Å². The molecule has 17 heteroatoms. The van der Waals surface area contributed by atoms with E-state index in [1.54, 1.807) is 0 Å². The Morgan fingerprint density at radius 2 is 1.97 bits per heavy atom. The van der Waals surface area contributed by atoms with E-state index in [-0.39, 0.29) is 17.3 Å². The number of aliphatic hydroxyl groups is 4. The number of hydrogen-bond donors (Lipinski definition) is 10. The summed E-state index contributed by atoms with van der Waals surface area (Å²) in [6, 6.07) is -2.73. The van der Waals surface area contributed by atoms with Crippen molar-refractivity contribution < 1.29 is 39.9 Å². The number of amides is 1. The molecule has 1 aliphatic rings. The van der Waals surface area contributed by atoms with Gasteiger partial charge in [0.25, 0.3) is 0 Å². The van der Waals surface area contributed by atoms with Crippen molar-refractivity contribution in [2.75, 3.05) is 18.9 Å². The molecule has 0 aromatic carbocycles. The molecule has 17 nitrogen and oxygen atoms in total. The predicted octanol–water partition coefficient (Wildman–Crippen LogP) is -5.58. The highest BCUT2D eigenvalue weighted by Crippen LogP contribution is 2.31. The highest BCUT2D eigenvalue weighted by atomic mass is 16.5. The molecule has 36 heavy (non-hydrogen) atoms. The number of hydrogen-bond acceptors (Lipinski definition) is 12. The molecule has 0 spiro atoms. The fraction of sp³-hybridized carbons (Fsp3) is 0.526. The van der Waals surface area contributed by atoms with Crippen LogP contribution in [-0.2, 0) is 20.9 Å². The summed E-state index contributed by atoms with van der Waals surface area (Å²) in [4.78, 5) is 44.1. The highest BCUT2D eigenvalue weighted by molar-refractivity contribution is 5.83. The Labute approximate surface area is 203 Å². The number of aliphatic imine (C=N–C) groups is 1. The lowest BCUT2D eigenvalue weighted by atomic mass is 9.84. The number of carboxylic acids is 1. The molecule has 200 valence electrons. The van der Waals surface area contributed by atoms with Gasteiger partial charge in [0, 0.05) is 18.2 Å². The Hall–Kier alpha value is -3.61. The Bertz CT molecular complexity index is 1070. The van der Waals surface area contributed by atoms with E-state index in [4.69, 9.17) is 32.8 Å². The van der Waals surface area contributed by atoms with Crippen LogP contribution >= 0.6 is 0 Å². The molecule has 6 atom stereocenters. The van der Waals surface area contributed by atoms with E-state index in [0.29, 0.717) is 0 Å². The topological polar surface area (TPSA) is 308 Å². The van der Waals surface area contributed by atoms with Gasteiger partial charge >= 0.3 is 11.7 Å². The first-order chi connectivity index (χ1) is 16.8. The van der Waals surface area contributed by atoms with Gasteiger partial charge < -0.3 is 58.5 Å². The predicted molar refractivity (Wildman–Crippen MR) is 123 cm³/mol. The van der Waals surface area contributed by atoms with Crippen molar-refractivity contribution in [3.8, 4) is 0 Å². The maximum absolute atomic E-state index is 12.4. The number of nitrogens with one attached hydrogen (secondary N) is 1. The van der Waals surface area contributed by atoms with Crippen LogP contribution in [0.1, 0.15) is 18.2 Å². The highest BCUT2D eigenvalue weighted by Gasteiger charge is 2.52. The van der Waals surface area contributed by atoms with Crippen LogP contribution in [0.25, 0.3) is 0 Å². The summed E-state index contributed by atoms with van der Waals surface area (Å²) in [5, 5.41) is 52.3. The van der Waals surface area contributed by atoms with Crippen molar-refractivity contribution in [2.45, 2.75) is 49.1 Å². The number of carbonyl (C=O) groups is 2. The molecule has 1 aromatic heterocycles. The number of aliphatic carboxylic acids is 1. The molecule has 0 fully saturated rings. The van der Waals surface area contributed by atoms with Crippen molar-refractivity contribution in [1.29, 1.82) is 0 Å². The number of rotatable bonds is 11. The van der Waals surface area contributed by atoms with Crippen LogP contribution in [0.3, 0.4) is 0 Å². The van der Waals surface area contributed by atoms with Gasteiger partial charge in [-0.05, 0) is 6.08 Å². The molecule has 0 aliphatic carbocycles. The van der Waals surface area contributed by atoms with Crippen LogP contribution in [0.2, 0.25) is 0 Å². The van der Waals surface area contributed by atoms with E-state index in [9.17, 15) is 34.8 Å². The number of nitrogen functional groups attached to an aromatic ring is 1. The Balaban J connectivity index is 2.52. The lowest BCUT2D eigenvalue weighted by Crippen LogP contribution is -2.63. The van der Waals surface area contributed by atoms with Gasteiger partial charge in [0.05, 0.1) is 31.9 Å². The van der Waals surface area contributed by atoms with E-state index < -0.39 is 79.9 Å². The lowest BCUT2D eigenvalue weighted by Gasteiger charge is -2.41. The van der Waals surface area contributed by atoms with Crippen molar-refractivity contribution in [3.63, 3.8) is 0 Å². The third-order valence-corrected chi connectivity index (χ3v) is 5.32. The first-order valence-electron chi connectivity index (χ1n) is 10.5. The summed E-state index contributed by atoms with van der Waals surface area (Å²) >= 11 is 0. The van der Waals surface area contributed by atoms with Crippen LogP contribution in [0, 0.1) is 0 Å². The second-order valence-corrected chi connectivity index (χ2v) is 8.01. The van der Waals surface area contributed by atoms with Crippen LogP contribution in [0.4, 0.5) is 5.82 Å². The monoisotopic (exact) mass is 514 g/mol. The Morgan fingerprint density at radius 1 is 1.31 bits per heavy atom. The fourth-order valence-corrected chi connectivity index (χ4v) is 3.43. The Kier molecular flexibility index (Phi) is 9.45. The summed E-state index contributed by atoms with van der Waals surface area (Å²) < 4.78 is 6.62. The molecular formula is C19H30N8O9. The van der Waals surface area contributed by atoms with Gasteiger partial charge in [-0.3, -0.25) is 14.4 Å². The van der Waals surface area contributed by atoms with E-state index in [1.807, 2.05) is 0 Å². The number of guanidine groups is 1. The molecule has 2 unspecified atom stereocenters. The van der Waals surface area contributed by atoms with Crippen molar-refractivity contribution in [3.05, 3.63) is 34.4 Å². The minimum Gasteiger partial charge on any atom is -0.479 e. The maximum atomic E-state index is 12.4. The number of anilines is 1. The first-order valence-corrected chi connectivity index (χ1v) is 10.5. The molecule has 0 saturated heterocycles. The number of carboxylic acid groups (broad SMARTS) is 1. The summed E-state index contributed by atoms with van der Waals surface area (Å²) in [5.74, 6) is -3.36. The lowest BCUT2D eigenvalue weighted by molar-refractivity contribution is -0.197. The van der Waals surface area contributed by atoms with Crippen molar-refractivity contribution in [1.82, 2.24) is 14.9 Å². The summed E-state index contributed by atoms with van der Waals surface area (Å²) in [7, 11) is 0. The van der Waals surface area contributed by atoms with Crippen LogP contribution in [-0.4, -0.2) is 96.0 Å². The van der Waals surface area contributed by atoms with Gasteiger partial charge in [-0.2, -0.15) is 4.98 Å². The molecule has 2 heterocycles. The average molecular weight is 514 g/mol.